The highest BCUT2D eigenvalue weighted by molar-refractivity contribution is 6.99. The van der Waals surface area contributed by atoms with Crippen LogP contribution in [0, 0.1) is 5.82 Å². The van der Waals surface area contributed by atoms with Gasteiger partial charge in [0.05, 0.1) is 28.4 Å². The molecule has 1 N–H and O–H groups in total. The second-order valence-corrected chi connectivity index (χ2v) is 20.7. The van der Waals surface area contributed by atoms with Crippen LogP contribution >= 0.6 is 11.6 Å². The number of anilines is 1. The fourth-order valence-electron chi connectivity index (χ4n) is 8.23. The zero-order chi connectivity index (χ0) is 40.6. The van der Waals surface area contributed by atoms with E-state index in [4.69, 9.17) is 26.0 Å². The fraction of sp³-hybridized carbons (Fsp3) is 0.289. The Kier molecular flexibility index (Phi) is 11.1. The van der Waals surface area contributed by atoms with Gasteiger partial charge in [-0.3, -0.25) is 0 Å². The van der Waals surface area contributed by atoms with Gasteiger partial charge in [-0.25, -0.2) is 23.5 Å². The lowest BCUT2D eigenvalue weighted by Gasteiger charge is -2.43. The number of halogens is 2. The normalized spacial score (nSPS) is 15.1. The van der Waals surface area contributed by atoms with Crippen molar-refractivity contribution in [3.63, 3.8) is 0 Å². The summed E-state index contributed by atoms with van der Waals surface area (Å²) in [6.45, 7) is 13.6. The van der Waals surface area contributed by atoms with Gasteiger partial charge in [-0.05, 0) is 52.0 Å². The van der Waals surface area contributed by atoms with Crippen LogP contribution in [0.15, 0.2) is 114 Å². The third-order valence-corrected chi connectivity index (χ3v) is 16.2. The first kappa shape index (κ1) is 39.9. The molecule has 2 aromatic heterocycles. The van der Waals surface area contributed by atoms with Crippen LogP contribution in [-0.2, 0) is 11.0 Å². The summed E-state index contributed by atoms with van der Waals surface area (Å²) >= 11 is 6.97. The van der Waals surface area contributed by atoms with Crippen molar-refractivity contribution in [2.24, 2.45) is 0 Å². The molecule has 1 aliphatic heterocycles. The molecule has 294 valence electrons. The predicted molar refractivity (Wildman–Crippen MR) is 228 cm³/mol. The molecule has 1 saturated heterocycles. The summed E-state index contributed by atoms with van der Waals surface area (Å²) in [5, 5.41) is 12.3. The van der Waals surface area contributed by atoms with Crippen molar-refractivity contribution >= 4 is 53.2 Å². The van der Waals surface area contributed by atoms with E-state index in [0.717, 1.165) is 21.5 Å². The number of carboxylic acid groups (broad SMARTS) is 1. The second-order valence-electron chi connectivity index (χ2n) is 16.0. The quantitative estimate of drug-likeness (QED) is 0.146. The van der Waals surface area contributed by atoms with Crippen molar-refractivity contribution in [1.82, 2.24) is 19.4 Å². The van der Waals surface area contributed by atoms with Crippen molar-refractivity contribution < 1.29 is 18.7 Å². The fourth-order valence-corrected chi connectivity index (χ4v) is 13.0. The minimum atomic E-state index is -3.02. The topological polar surface area (TPSA) is 101 Å². The zero-order valence-electron chi connectivity index (χ0n) is 33.0. The smallest absolute Gasteiger partial charge is 0.407 e. The number of piperazine rings is 1. The second kappa shape index (κ2) is 15.9. The number of rotatable bonds is 9. The highest BCUT2D eigenvalue weighted by Gasteiger charge is 2.50. The van der Waals surface area contributed by atoms with Crippen molar-refractivity contribution in [3.05, 3.63) is 142 Å². The maximum absolute atomic E-state index is 15.5. The summed E-state index contributed by atoms with van der Waals surface area (Å²) < 4.78 is 24.4. The van der Waals surface area contributed by atoms with Crippen molar-refractivity contribution in [3.8, 4) is 16.9 Å². The molecule has 1 amide bonds. The zero-order valence-corrected chi connectivity index (χ0v) is 34.8. The minimum Gasteiger partial charge on any atom is -0.465 e. The summed E-state index contributed by atoms with van der Waals surface area (Å²) in [7, 11) is -3.02. The van der Waals surface area contributed by atoms with E-state index in [9.17, 15) is 14.7 Å². The first-order chi connectivity index (χ1) is 27.2. The van der Waals surface area contributed by atoms with Crippen LogP contribution in [0.25, 0.3) is 28.0 Å². The van der Waals surface area contributed by atoms with E-state index in [-0.39, 0.29) is 58.6 Å². The molecule has 6 aromatic rings. The number of aromatic nitrogens is 3. The molecule has 0 bridgehead atoms. The SMILES string of the molecule is CC(C)c1cccc(CO[Si](c2ccccc2)(c2ccccc2)C(C)(C)C)c1-n1c(=O)nc(N2CCN(C(=O)O)CC2C)c2cc(Cl)c(-c3ccccc3F)nc21. The van der Waals surface area contributed by atoms with Gasteiger partial charge in [0.15, 0.2) is 5.65 Å². The monoisotopic (exact) mass is 803 g/mol. The van der Waals surface area contributed by atoms with E-state index in [1.54, 1.807) is 24.3 Å². The highest BCUT2D eigenvalue weighted by Crippen LogP contribution is 2.40. The number of pyridine rings is 1. The molecule has 4 aromatic carbocycles. The Balaban J connectivity index is 1.48. The van der Waals surface area contributed by atoms with Crippen LogP contribution in [-0.4, -0.2) is 64.6 Å². The standard InChI is InChI=1S/C45H47ClFN5O4Si/c1-29(2)34-22-15-16-31(28-56-57(45(4,5)6,32-17-9-7-10-18-32)33-19-11-8-12-20-33)40(34)52-42-36(26-37(46)39(48-42)35-21-13-14-23-38(35)47)41(49-43(52)53)51-25-24-50(44(54)55)27-30(51)3/h7-23,26,29-30H,24-25,27-28H2,1-6H3,(H,54,55). The Labute approximate surface area is 338 Å². The van der Waals surface area contributed by atoms with Gasteiger partial charge < -0.3 is 19.3 Å². The lowest BCUT2D eigenvalue weighted by atomic mass is 9.97. The van der Waals surface area contributed by atoms with Crippen LogP contribution in [0.5, 0.6) is 0 Å². The average molecular weight is 804 g/mol. The van der Waals surface area contributed by atoms with Crippen LogP contribution in [0.2, 0.25) is 10.1 Å². The summed E-state index contributed by atoms with van der Waals surface area (Å²) in [6, 6.07) is 34.4. The highest BCUT2D eigenvalue weighted by atomic mass is 35.5. The van der Waals surface area contributed by atoms with Crippen LogP contribution in [0.4, 0.5) is 15.0 Å². The molecule has 0 radical (unpaired) electrons. The van der Waals surface area contributed by atoms with Crippen LogP contribution < -0.4 is 21.0 Å². The van der Waals surface area contributed by atoms with Gasteiger partial charge in [-0.1, -0.05) is 137 Å². The van der Waals surface area contributed by atoms with E-state index in [0.29, 0.717) is 23.4 Å². The first-order valence-electron chi connectivity index (χ1n) is 19.2. The third kappa shape index (κ3) is 7.35. The summed E-state index contributed by atoms with van der Waals surface area (Å²) in [5.74, 6) is -0.197. The molecule has 1 aliphatic rings. The molecule has 1 fully saturated rings. The Morgan fingerprint density at radius 2 is 1.56 bits per heavy atom. The first-order valence-corrected chi connectivity index (χ1v) is 21.5. The maximum Gasteiger partial charge on any atom is 0.407 e. The molecule has 7 rings (SSSR count). The minimum absolute atomic E-state index is 0.0306. The van der Waals surface area contributed by atoms with Gasteiger partial charge in [0, 0.05) is 36.8 Å². The number of benzene rings is 4. The summed E-state index contributed by atoms with van der Waals surface area (Å²) in [5.41, 5.74) is 2.28. The van der Waals surface area contributed by atoms with Crippen molar-refractivity contribution in [1.29, 1.82) is 0 Å². The Bertz CT molecular complexity index is 2450. The van der Waals surface area contributed by atoms with Crippen molar-refractivity contribution in [2.45, 2.75) is 65.1 Å². The number of fused-ring (bicyclic) bond motifs is 1. The number of amides is 1. The van der Waals surface area contributed by atoms with Gasteiger partial charge in [0.25, 0.3) is 8.32 Å². The Morgan fingerprint density at radius 1 is 0.930 bits per heavy atom. The summed E-state index contributed by atoms with van der Waals surface area (Å²) in [4.78, 5) is 39.8. The largest absolute Gasteiger partial charge is 0.465 e. The van der Waals surface area contributed by atoms with E-state index in [1.807, 2.05) is 66.4 Å². The molecule has 0 saturated carbocycles. The average Bonchev–Trinajstić information content (AvgIpc) is 3.18. The Morgan fingerprint density at radius 3 is 2.14 bits per heavy atom. The van der Waals surface area contributed by atoms with Gasteiger partial charge >= 0.3 is 11.8 Å². The van der Waals surface area contributed by atoms with E-state index in [1.165, 1.54) is 15.5 Å². The molecule has 9 nitrogen and oxygen atoms in total. The van der Waals surface area contributed by atoms with Gasteiger partial charge in [0.2, 0.25) is 0 Å². The molecule has 0 aliphatic carbocycles. The molecule has 1 atom stereocenters. The predicted octanol–water partition coefficient (Wildman–Crippen LogP) is 8.63. The molecule has 1 unspecified atom stereocenters. The van der Waals surface area contributed by atoms with E-state index in [2.05, 4.69) is 58.9 Å². The molecular weight excluding hydrogens is 757 g/mol. The Hall–Kier alpha value is -5.36. The number of hydrogen-bond acceptors (Lipinski definition) is 6. The van der Waals surface area contributed by atoms with Crippen LogP contribution in [0.1, 0.15) is 58.6 Å². The van der Waals surface area contributed by atoms with Crippen LogP contribution in [0.3, 0.4) is 0 Å². The summed E-state index contributed by atoms with van der Waals surface area (Å²) in [6.07, 6.45) is -1.01. The molecule has 0 spiro atoms. The van der Waals surface area contributed by atoms with E-state index >= 15 is 4.39 Å². The number of nitrogens with zero attached hydrogens (tertiary/aromatic N) is 5. The molecule has 57 heavy (non-hydrogen) atoms. The lowest BCUT2D eigenvalue weighted by Crippen LogP contribution is -2.66. The van der Waals surface area contributed by atoms with Gasteiger partial charge in [-0.2, -0.15) is 4.98 Å². The molecular formula is C45H47ClFN5O4Si. The molecule has 12 heteroatoms. The number of carbonyl (C=O) groups is 1. The third-order valence-electron chi connectivity index (χ3n) is 11.0. The van der Waals surface area contributed by atoms with Gasteiger partial charge in [-0.15, -0.1) is 0 Å². The molecule has 3 heterocycles. The number of hydrogen-bond donors (Lipinski definition) is 1. The van der Waals surface area contributed by atoms with Crippen molar-refractivity contribution in [2.75, 3.05) is 24.5 Å². The maximum atomic E-state index is 15.5. The lowest BCUT2D eigenvalue weighted by molar-refractivity contribution is 0.136. The number of para-hydroxylation sites is 1. The van der Waals surface area contributed by atoms with E-state index < -0.39 is 25.9 Å². The van der Waals surface area contributed by atoms with Gasteiger partial charge in [0.1, 0.15) is 11.6 Å².